The van der Waals surface area contributed by atoms with E-state index in [0.29, 0.717) is 19.8 Å². The third-order valence-corrected chi connectivity index (χ3v) is 2.16. The number of hydrogen-bond acceptors (Lipinski definition) is 4. The Bertz CT molecular complexity index is 223. The highest BCUT2D eigenvalue weighted by Crippen LogP contribution is 2.11. The minimum atomic E-state index is -0.327. The third-order valence-electron chi connectivity index (χ3n) is 2.16. The van der Waals surface area contributed by atoms with Crippen molar-refractivity contribution in [2.75, 3.05) is 19.8 Å². The highest BCUT2D eigenvalue weighted by atomic mass is 16.5. The molecule has 1 amide bonds. The van der Waals surface area contributed by atoms with Gasteiger partial charge in [0.15, 0.2) is 0 Å². The highest BCUT2D eigenvalue weighted by Gasteiger charge is 2.22. The van der Waals surface area contributed by atoms with Crippen LogP contribution in [0.2, 0.25) is 0 Å². The van der Waals surface area contributed by atoms with Gasteiger partial charge < -0.3 is 14.8 Å². The number of carbonyl (C=O) groups excluding carboxylic acids is 2. The van der Waals surface area contributed by atoms with Crippen LogP contribution in [-0.2, 0) is 19.1 Å². The number of nitrogens with one attached hydrogen (secondary N) is 1. The lowest BCUT2D eigenvalue weighted by atomic mass is 10.2. The fraction of sp³-hybridized carbons (Fsp3) is 0.800. The van der Waals surface area contributed by atoms with Crippen molar-refractivity contribution in [3.63, 3.8) is 0 Å². The first kappa shape index (κ1) is 12.0. The first-order valence-electron chi connectivity index (χ1n) is 5.29. The molecule has 0 radical (unpaired) electrons. The molecule has 1 aliphatic rings. The third kappa shape index (κ3) is 4.29. The zero-order valence-corrected chi connectivity index (χ0v) is 8.95. The van der Waals surface area contributed by atoms with Crippen molar-refractivity contribution < 1.29 is 19.1 Å². The number of ether oxygens (including phenoxy) is 2. The summed E-state index contributed by atoms with van der Waals surface area (Å²) in [5.74, 6) is -0.415. The Balaban J connectivity index is 2.08. The molecule has 1 aliphatic heterocycles. The van der Waals surface area contributed by atoms with Gasteiger partial charge in [-0.05, 0) is 19.8 Å². The molecule has 1 atom stereocenters. The molecule has 0 aliphatic carbocycles. The Morgan fingerprint density at radius 2 is 2.33 bits per heavy atom. The van der Waals surface area contributed by atoms with Crippen LogP contribution in [0.1, 0.15) is 26.2 Å². The number of rotatable bonds is 5. The van der Waals surface area contributed by atoms with E-state index in [-0.39, 0.29) is 24.4 Å². The molecule has 1 heterocycles. The van der Waals surface area contributed by atoms with E-state index in [0.717, 1.165) is 12.8 Å². The van der Waals surface area contributed by atoms with Gasteiger partial charge in [0, 0.05) is 13.2 Å². The lowest BCUT2D eigenvalue weighted by Gasteiger charge is -2.09. The van der Waals surface area contributed by atoms with Gasteiger partial charge in [-0.25, -0.2) is 0 Å². The molecule has 0 aromatic rings. The molecule has 0 aromatic heterocycles. The van der Waals surface area contributed by atoms with Gasteiger partial charge in [-0.15, -0.1) is 0 Å². The average molecular weight is 215 g/mol. The van der Waals surface area contributed by atoms with Crippen molar-refractivity contribution in [1.29, 1.82) is 0 Å². The van der Waals surface area contributed by atoms with E-state index < -0.39 is 0 Å². The molecule has 0 bridgehead atoms. The summed E-state index contributed by atoms with van der Waals surface area (Å²) in [6, 6.07) is 0. The number of esters is 1. The smallest absolute Gasteiger partial charge is 0.307 e. The zero-order chi connectivity index (χ0) is 11.1. The summed E-state index contributed by atoms with van der Waals surface area (Å²) in [5, 5.41) is 2.65. The van der Waals surface area contributed by atoms with Gasteiger partial charge >= 0.3 is 5.97 Å². The van der Waals surface area contributed by atoms with Gasteiger partial charge in [-0.3, -0.25) is 9.59 Å². The van der Waals surface area contributed by atoms with Crippen LogP contribution in [0.15, 0.2) is 0 Å². The van der Waals surface area contributed by atoms with Crippen LogP contribution in [0.25, 0.3) is 0 Å². The van der Waals surface area contributed by atoms with E-state index in [1.54, 1.807) is 6.92 Å². The second kappa shape index (κ2) is 6.40. The van der Waals surface area contributed by atoms with Crippen LogP contribution in [0.4, 0.5) is 0 Å². The minimum absolute atomic E-state index is 0.128. The van der Waals surface area contributed by atoms with Gasteiger partial charge in [0.05, 0.1) is 13.0 Å². The monoisotopic (exact) mass is 215 g/mol. The first-order valence-corrected chi connectivity index (χ1v) is 5.29. The molecular weight excluding hydrogens is 198 g/mol. The molecule has 0 unspecified atom stereocenters. The quantitative estimate of drug-likeness (QED) is 0.667. The Kier molecular flexibility index (Phi) is 5.10. The Hall–Kier alpha value is -1.10. The maximum atomic E-state index is 11.4. The summed E-state index contributed by atoms with van der Waals surface area (Å²) in [6.07, 6.45) is 1.58. The molecule has 0 saturated carbocycles. The number of amides is 1. The van der Waals surface area contributed by atoms with Crippen LogP contribution in [0.5, 0.6) is 0 Å². The Labute approximate surface area is 89.1 Å². The molecule has 15 heavy (non-hydrogen) atoms. The topological polar surface area (TPSA) is 64.6 Å². The average Bonchev–Trinajstić information content (AvgIpc) is 2.70. The van der Waals surface area contributed by atoms with Crippen molar-refractivity contribution in [3.05, 3.63) is 0 Å². The van der Waals surface area contributed by atoms with E-state index in [4.69, 9.17) is 9.47 Å². The normalized spacial score (nSPS) is 19.9. The molecule has 86 valence electrons. The van der Waals surface area contributed by atoms with E-state index in [2.05, 4.69) is 5.32 Å². The molecule has 1 saturated heterocycles. The first-order chi connectivity index (χ1) is 7.24. The van der Waals surface area contributed by atoms with Gasteiger partial charge in [-0.1, -0.05) is 0 Å². The van der Waals surface area contributed by atoms with Gasteiger partial charge in [0.25, 0.3) is 0 Å². The second-order valence-electron chi connectivity index (χ2n) is 3.35. The maximum Gasteiger partial charge on any atom is 0.307 e. The summed E-state index contributed by atoms with van der Waals surface area (Å²) in [4.78, 5) is 22.3. The summed E-state index contributed by atoms with van der Waals surface area (Å²) in [7, 11) is 0. The van der Waals surface area contributed by atoms with Crippen LogP contribution >= 0.6 is 0 Å². The van der Waals surface area contributed by atoms with Crippen molar-refractivity contribution in [3.8, 4) is 0 Å². The summed E-state index contributed by atoms with van der Waals surface area (Å²) >= 11 is 0. The molecule has 1 rings (SSSR count). The molecule has 5 heteroatoms. The van der Waals surface area contributed by atoms with Crippen molar-refractivity contribution >= 4 is 11.9 Å². The summed E-state index contributed by atoms with van der Waals surface area (Å²) in [6.45, 7) is 3.09. The largest absolute Gasteiger partial charge is 0.466 e. The van der Waals surface area contributed by atoms with Crippen LogP contribution in [-0.4, -0.2) is 37.7 Å². The molecule has 0 spiro atoms. The second-order valence-corrected chi connectivity index (χ2v) is 3.35. The summed E-state index contributed by atoms with van der Waals surface area (Å²) < 4.78 is 9.92. The predicted octanol–water partition coefficient (Wildman–Crippen LogP) is 0.235. The summed E-state index contributed by atoms with van der Waals surface area (Å²) in [5.41, 5.74) is 0. The van der Waals surface area contributed by atoms with Crippen LogP contribution < -0.4 is 5.32 Å². The molecule has 1 fully saturated rings. The van der Waals surface area contributed by atoms with E-state index in [1.807, 2.05) is 0 Å². The van der Waals surface area contributed by atoms with E-state index >= 15 is 0 Å². The number of carbonyl (C=O) groups is 2. The van der Waals surface area contributed by atoms with Crippen molar-refractivity contribution in [2.24, 2.45) is 0 Å². The van der Waals surface area contributed by atoms with E-state index in [9.17, 15) is 9.59 Å². The standard InChI is InChI=1S/C10H17NO4/c1-2-14-9(12)5-6-11-10(13)8-4-3-7-15-8/h8H,2-7H2,1H3,(H,11,13)/t8-/m0/s1. The lowest BCUT2D eigenvalue weighted by molar-refractivity contribution is -0.143. The molecule has 5 nitrogen and oxygen atoms in total. The Morgan fingerprint density at radius 3 is 2.93 bits per heavy atom. The van der Waals surface area contributed by atoms with Crippen molar-refractivity contribution in [2.45, 2.75) is 32.3 Å². The van der Waals surface area contributed by atoms with Gasteiger partial charge in [0.1, 0.15) is 6.10 Å². The molecule has 0 aromatic carbocycles. The highest BCUT2D eigenvalue weighted by molar-refractivity contribution is 5.81. The fourth-order valence-corrected chi connectivity index (χ4v) is 1.42. The van der Waals surface area contributed by atoms with Crippen LogP contribution in [0, 0.1) is 0 Å². The Morgan fingerprint density at radius 1 is 1.53 bits per heavy atom. The van der Waals surface area contributed by atoms with Crippen LogP contribution in [0.3, 0.4) is 0 Å². The van der Waals surface area contributed by atoms with Crippen molar-refractivity contribution in [1.82, 2.24) is 5.32 Å². The minimum Gasteiger partial charge on any atom is -0.466 e. The molecular formula is C10H17NO4. The van der Waals surface area contributed by atoms with E-state index in [1.165, 1.54) is 0 Å². The lowest BCUT2D eigenvalue weighted by Crippen LogP contribution is -2.35. The fourth-order valence-electron chi connectivity index (χ4n) is 1.42. The predicted molar refractivity (Wildman–Crippen MR) is 53.2 cm³/mol. The number of hydrogen-bond donors (Lipinski definition) is 1. The van der Waals surface area contributed by atoms with Gasteiger partial charge in [0.2, 0.25) is 5.91 Å². The zero-order valence-electron chi connectivity index (χ0n) is 8.95. The SMILES string of the molecule is CCOC(=O)CCNC(=O)[C@@H]1CCCO1. The molecule has 1 N–H and O–H groups in total. The van der Waals surface area contributed by atoms with Gasteiger partial charge in [-0.2, -0.15) is 0 Å². The maximum absolute atomic E-state index is 11.4.